The Morgan fingerprint density at radius 3 is 2.22 bits per heavy atom. The first-order chi connectivity index (χ1) is 8.56. The number of aliphatic hydroxyl groups excluding tert-OH is 1. The summed E-state index contributed by atoms with van der Waals surface area (Å²) >= 11 is 0. The molecule has 0 heterocycles. The highest BCUT2D eigenvalue weighted by molar-refractivity contribution is 5.28. The van der Waals surface area contributed by atoms with Gasteiger partial charge in [0.25, 0.3) is 0 Å². The van der Waals surface area contributed by atoms with E-state index in [9.17, 15) is 5.11 Å². The fourth-order valence-corrected chi connectivity index (χ4v) is 2.11. The van der Waals surface area contributed by atoms with Crippen molar-refractivity contribution in [1.29, 1.82) is 0 Å². The molecule has 0 bridgehead atoms. The van der Waals surface area contributed by atoms with Crippen LogP contribution in [0.25, 0.3) is 0 Å². The van der Waals surface area contributed by atoms with Gasteiger partial charge in [-0.05, 0) is 37.0 Å². The van der Waals surface area contributed by atoms with E-state index in [1.165, 1.54) is 5.56 Å². The van der Waals surface area contributed by atoms with E-state index < -0.39 is 0 Å². The van der Waals surface area contributed by atoms with Crippen LogP contribution < -0.4 is 10.1 Å². The van der Waals surface area contributed by atoms with Crippen molar-refractivity contribution in [2.45, 2.75) is 39.3 Å². The minimum Gasteiger partial charge on any atom is -0.497 e. The van der Waals surface area contributed by atoms with Crippen molar-refractivity contribution in [3.8, 4) is 5.75 Å². The number of hydrogen-bond acceptors (Lipinski definition) is 3. The number of ether oxygens (including phenoxy) is 1. The van der Waals surface area contributed by atoms with Crippen LogP contribution in [0, 0.1) is 5.92 Å². The predicted molar refractivity (Wildman–Crippen MR) is 74.9 cm³/mol. The minimum absolute atomic E-state index is 0.155. The zero-order valence-corrected chi connectivity index (χ0v) is 11.8. The molecule has 0 aliphatic rings. The molecular formula is C15H25NO2. The van der Waals surface area contributed by atoms with Crippen LogP contribution >= 0.6 is 0 Å². The van der Waals surface area contributed by atoms with Gasteiger partial charge in [-0.15, -0.1) is 0 Å². The molecule has 0 fully saturated rings. The summed E-state index contributed by atoms with van der Waals surface area (Å²) in [6.45, 7) is 6.63. The van der Waals surface area contributed by atoms with Crippen LogP contribution in [0.15, 0.2) is 24.3 Å². The van der Waals surface area contributed by atoms with Crippen LogP contribution in [0.2, 0.25) is 0 Å². The molecule has 0 aromatic heterocycles. The van der Waals surface area contributed by atoms with Crippen molar-refractivity contribution < 1.29 is 9.84 Å². The van der Waals surface area contributed by atoms with Gasteiger partial charge in [-0.3, -0.25) is 0 Å². The summed E-state index contributed by atoms with van der Waals surface area (Å²) in [6, 6.07) is 8.42. The third-order valence-electron chi connectivity index (χ3n) is 3.08. The molecule has 2 atom stereocenters. The molecular weight excluding hydrogens is 226 g/mol. The van der Waals surface area contributed by atoms with Gasteiger partial charge in [-0.1, -0.05) is 26.0 Å². The molecule has 3 heteroatoms. The summed E-state index contributed by atoms with van der Waals surface area (Å²) in [5.74, 6) is 1.45. The Balaban J connectivity index is 2.59. The molecule has 3 nitrogen and oxygen atoms in total. The zero-order chi connectivity index (χ0) is 13.5. The first kappa shape index (κ1) is 15.0. The van der Waals surface area contributed by atoms with E-state index in [4.69, 9.17) is 4.74 Å². The van der Waals surface area contributed by atoms with Gasteiger partial charge in [0.05, 0.1) is 13.7 Å². The number of hydrogen-bond donors (Lipinski definition) is 2. The Morgan fingerprint density at radius 2 is 1.78 bits per heavy atom. The topological polar surface area (TPSA) is 41.5 Å². The fourth-order valence-electron chi connectivity index (χ4n) is 2.11. The lowest BCUT2D eigenvalue weighted by Crippen LogP contribution is -2.35. The Labute approximate surface area is 110 Å². The Bertz CT molecular complexity index is 335. The van der Waals surface area contributed by atoms with Gasteiger partial charge in [0.15, 0.2) is 0 Å². The van der Waals surface area contributed by atoms with E-state index in [0.29, 0.717) is 5.92 Å². The van der Waals surface area contributed by atoms with Crippen molar-refractivity contribution in [2.24, 2.45) is 5.92 Å². The highest BCUT2D eigenvalue weighted by Crippen LogP contribution is 2.18. The van der Waals surface area contributed by atoms with E-state index >= 15 is 0 Å². The number of aliphatic hydroxyl groups is 1. The summed E-state index contributed by atoms with van der Waals surface area (Å²) < 4.78 is 5.14. The van der Waals surface area contributed by atoms with Crippen LogP contribution in [0.3, 0.4) is 0 Å². The third-order valence-corrected chi connectivity index (χ3v) is 3.08. The molecule has 0 amide bonds. The minimum atomic E-state index is 0.155. The van der Waals surface area contributed by atoms with E-state index in [0.717, 1.165) is 12.2 Å². The molecule has 1 aromatic carbocycles. The lowest BCUT2D eigenvalue weighted by atomic mass is 10.0. The molecule has 0 radical (unpaired) electrons. The molecule has 2 unspecified atom stereocenters. The molecule has 0 saturated heterocycles. The summed E-state index contributed by atoms with van der Waals surface area (Å²) in [6.07, 6.45) is 0.983. The summed E-state index contributed by atoms with van der Waals surface area (Å²) in [5.41, 5.74) is 1.21. The van der Waals surface area contributed by atoms with Crippen LogP contribution in [0.5, 0.6) is 5.75 Å². The highest BCUT2D eigenvalue weighted by Gasteiger charge is 2.13. The Morgan fingerprint density at radius 1 is 1.17 bits per heavy atom. The molecule has 0 spiro atoms. The number of benzene rings is 1. The number of nitrogens with one attached hydrogen (secondary N) is 1. The van der Waals surface area contributed by atoms with Gasteiger partial charge in [-0.2, -0.15) is 0 Å². The average Bonchev–Trinajstić information content (AvgIpc) is 2.37. The van der Waals surface area contributed by atoms with Crippen molar-refractivity contribution in [1.82, 2.24) is 5.32 Å². The first-order valence-electron chi connectivity index (χ1n) is 6.57. The van der Waals surface area contributed by atoms with E-state index in [1.807, 2.05) is 12.1 Å². The Kier molecular flexibility index (Phi) is 6.16. The van der Waals surface area contributed by atoms with Gasteiger partial charge < -0.3 is 15.2 Å². The maximum atomic E-state index is 9.37. The maximum Gasteiger partial charge on any atom is 0.118 e. The summed E-state index contributed by atoms with van der Waals surface area (Å²) in [7, 11) is 1.67. The van der Waals surface area contributed by atoms with E-state index in [2.05, 4.69) is 38.2 Å². The highest BCUT2D eigenvalue weighted by atomic mass is 16.5. The second-order valence-electron chi connectivity index (χ2n) is 5.17. The van der Waals surface area contributed by atoms with Crippen molar-refractivity contribution in [2.75, 3.05) is 13.7 Å². The average molecular weight is 251 g/mol. The van der Waals surface area contributed by atoms with Gasteiger partial charge in [-0.25, -0.2) is 0 Å². The number of rotatable bonds is 7. The predicted octanol–water partition coefficient (Wildman–Crippen LogP) is 2.75. The quantitative estimate of drug-likeness (QED) is 0.783. The molecule has 1 rings (SSSR count). The fraction of sp³-hybridized carbons (Fsp3) is 0.600. The van der Waals surface area contributed by atoms with Crippen LogP contribution in [0.4, 0.5) is 0 Å². The summed E-state index contributed by atoms with van der Waals surface area (Å²) in [5, 5.41) is 12.8. The molecule has 102 valence electrons. The molecule has 0 aliphatic heterocycles. The third kappa shape index (κ3) is 4.67. The van der Waals surface area contributed by atoms with Gasteiger partial charge in [0, 0.05) is 12.1 Å². The SMILES string of the molecule is COc1ccc(C(C)NC(CO)CC(C)C)cc1. The van der Waals surface area contributed by atoms with Gasteiger partial charge >= 0.3 is 0 Å². The smallest absolute Gasteiger partial charge is 0.118 e. The molecule has 18 heavy (non-hydrogen) atoms. The summed E-state index contributed by atoms with van der Waals surface area (Å²) in [4.78, 5) is 0. The normalized spacial score (nSPS) is 14.6. The monoisotopic (exact) mass is 251 g/mol. The molecule has 0 saturated carbocycles. The second-order valence-corrected chi connectivity index (χ2v) is 5.17. The molecule has 0 aliphatic carbocycles. The largest absolute Gasteiger partial charge is 0.497 e. The zero-order valence-electron chi connectivity index (χ0n) is 11.8. The van der Waals surface area contributed by atoms with Crippen LogP contribution in [0.1, 0.15) is 38.8 Å². The van der Waals surface area contributed by atoms with Crippen molar-refractivity contribution >= 4 is 0 Å². The van der Waals surface area contributed by atoms with Crippen LogP contribution in [-0.4, -0.2) is 24.9 Å². The lowest BCUT2D eigenvalue weighted by molar-refractivity contribution is 0.215. The van der Waals surface area contributed by atoms with Crippen LogP contribution in [-0.2, 0) is 0 Å². The second kappa shape index (κ2) is 7.39. The number of methoxy groups -OCH3 is 1. The van der Waals surface area contributed by atoms with E-state index in [1.54, 1.807) is 7.11 Å². The van der Waals surface area contributed by atoms with E-state index in [-0.39, 0.29) is 18.7 Å². The Hall–Kier alpha value is -1.06. The maximum absolute atomic E-state index is 9.37. The van der Waals surface area contributed by atoms with Gasteiger partial charge in [0.1, 0.15) is 5.75 Å². The van der Waals surface area contributed by atoms with Crippen molar-refractivity contribution in [3.05, 3.63) is 29.8 Å². The standard InChI is InChI=1S/C15H25NO2/c1-11(2)9-14(10-17)16-12(3)13-5-7-15(18-4)8-6-13/h5-8,11-12,14,16-17H,9-10H2,1-4H3. The molecule has 2 N–H and O–H groups in total. The lowest BCUT2D eigenvalue weighted by Gasteiger charge is -2.23. The van der Waals surface area contributed by atoms with Crippen molar-refractivity contribution in [3.63, 3.8) is 0 Å². The first-order valence-corrected chi connectivity index (χ1v) is 6.57. The molecule has 1 aromatic rings. The van der Waals surface area contributed by atoms with Gasteiger partial charge in [0.2, 0.25) is 0 Å².